The molecule has 0 radical (unpaired) electrons. The quantitative estimate of drug-likeness (QED) is 0.516. The predicted octanol–water partition coefficient (Wildman–Crippen LogP) is 2.27. The van der Waals surface area contributed by atoms with Crippen LogP contribution in [0.15, 0.2) is 21.8 Å². The lowest BCUT2D eigenvalue weighted by molar-refractivity contribution is 1.44. The van der Waals surface area contributed by atoms with Crippen molar-refractivity contribution < 1.29 is 0 Å². The van der Waals surface area contributed by atoms with Crippen LogP contribution in [0.25, 0.3) is 0 Å². The molecule has 1 heteroatoms. The fraction of sp³-hybridized carbons (Fsp3) is 0.200. The third kappa shape index (κ3) is 0.834. The predicted molar refractivity (Wildman–Crippen MR) is 35.9 cm³/mol. The zero-order chi connectivity index (χ0) is 4.41. The van der Waals surface area contributed by atoms with Crippen molar-refractivity contribution in [1.82, 2.24) is 0 Å². The van der Waals surface area contributed by atoms with Crippen molar-refractivity contribution in [3.05, 3.63) is 21.8 Å². The summed E-state index contributed by atoms with van der Waals surface area (Å²) in [5, 5.41) is 0. The van der Waals surface area contributed by atoms with Crippen molar-refractivity contribution in [2.45, 2.75) is 6.42 Å². The summed E-state index contributed by atoms with van der Waals surface area (Å²) in [7, 11) is 0. The fourth-order valence-corrected chi connectivity index (χ4v) is 0.883. The molecule has 0 saturated carbocycles. The van der Waals surface area contributed by atoms with Gasteiger partial charge in [-0.05, 0) is 32.6 Å². The number of halogens is 1. The lowest BCUT2D eigenvalue weighted by Gasteiger charge is -1.75. The van der Waals surface area contributed by atoms with Crippen LogP contribution in [0.5, 0.6) is 0 Å². The van der Waals surface area contributed by atoms with Gasteiger partial charge in [-0.25, -0.2) is 0 Å². The Morgan fingerprint density at radius 2 is 2.50 bits per heavy atom. The molecule has 0 aromatic heterocycles. The molecule has 1 aliphatic carbocycles. The highest BCUT2D eigenvalue weighted by Crippen LogP contribution is 2.16. The van der Waals surface area contributed by atoms with E-state index in [1.807, 2.05) is 0 Å². The number of hydrogen-bond donors (Lipinski definition) is 0. The molecule has 0 bridgehead atoms. The van der Waals surface area contributed by atoms with Gasteiger partial charge in [-0.2, -0.15) is 0 Å². The Kier molecular flexibility index (Phi) is 1.29. The van der Waals surface area contributed by atoms with Crippen molar-refractivity contribution in [2.24, 2.45) is 0 Å². The van der Waals surface area contributed by atoms with Gasteiger partial charge in [0.2, 0.25) is 0 Å². The molecule has 0 aromatic rings. The largest absolute Gasteiger partial charge is 0.0796 e. The Morgan fingerprint density at radius 3 is 2.67 bits per heavy atom. The van der Waals surface area contributed by atoms with Crippen LogP contribution in [0.3, 0.4) is 0 Å². The first-order valence-corrected chi connectivity index (χ1v) is 2.98. The van der Waals surface area contributed by atoms with Gasteiger partial charge in [0.1, 0.15) is 0 Å². The third-order valence-corrected chi connectivity index (χ3v) is 1.53. The summed E-state index contributed by atoms with van der Waals surface area (Å²) < 4.78 is 1.44. The topological polar surface area (TPSA) is 0 Å². The van der Waals surface area contributed by atoms with Crippen LogP contribution < -0.4 is 0 Å². The maximum atomic E-state index is 2.33. The summed E-state index contributed by atoms with van der Waals surface area (Å²) in [4.78, 5) is 0. The van der Waals surface area contributed by atoms with Crippen molar-refractivity contribution >= 4 is 22.6 Å². The van der Waals surface area contributed by atoms with Gasteiger partial charge in [-0.3, -0.25) is 0 Å². The van der Waals surface area contributed by atoms with Crippen LogP contribution in [0.1, 0.15) is 6.42 Å². The molecule has 32 valence electrons. The molecule has 1 aliphatic rings. The summed E-state index contributed by atoms with van der Waals surface area (Å²) >= 11 is 2.33. The van der Waals surface area contributed by atoms with Gasteiger partial charge in [0.25, 0.3) is 0 Å². The molecule has 1 rings (SSSR count). The summed E-state index contributed by atoms with van der Waals surface area (Å²) in [6.45, 7) is 0. The second-order valence-electron chi connectivity index (χ2n) is 1.25. The summed E-state index contributed by atoms with van der Waals surface area (Å²) in [6.07, 6.45) is 7.52. The van der Waals surface area contributed by atoms with Crippen molar-refractivity contribution in [3.8, 4) is 0 Å². The smallest absolute Gasteiger partial charge is 0.00360 e. The molecular formula is C5H5I. The zero-order valence-electron chi connectivity index (χ0n) is 3.32. The van der Waals surface area contributed by atoms with Gasteiger partial charge in [-0.15, -0.1) is 0 Å². The van der Waals surface area contributed by atoms with Crippen LogP contribution in [-0.4, -0.2) is 0 Å². The van der Waals surface area contributed by atoms with E-state index in [0.29, 0.717) is 0 Å². The van der Waals surface area contributed by atoms with E-state index < -0.39 is 0 Å². The normalized spacial score (nSPS) is 18.5. The van der Waals surface area contributed by atoms with Crippen LogP contribution in [0.2, 0.25) is 0 Å². The number of rotatable bonds is 0. The van der Waals surface area contributed by atoms with Gasteiger partial charge in [-0.1, -0.05) is 18.2 Å². The molecule has 0 unspecified atom stereocenters. The highest BCUT2D eigenvalue weighted by atomic mass is 127. The van der Waals surface area contributed by atoms with Crippen LogP contribution in [-0.2, 0) is 0 Å². The van der Waals surface area contributed by atoms with Gasteiger partial charge in [0, 0.05) is 0 Å². The zero-order valence-corrected chi connectivity index (χ0v) is 5.47. The van der Waals surface area contributed by atoms with Crippen LogP contribution in [0.4, 0.5) is 0 Å². The fourth-order valence-electron chi connectivity index (χ4n) is 0.421. The van der Waals surface area contributed by atoms with E-state index in [1.54, 1.807) is 0 Å². The first-order valence-electron chi connectivity index (χ1n) is 1.91. The Labute approximate surface area is 51.1 Å². The summed E-state index contributed by atoms with van der Waals surface area (Å²) in [5.41, 5.74) is 0. The molecule has 0 N–H and O–H groups in total. The summed E-state index contributed by atoms with van der Waals surface area (Å²) in [6, 6.07) is 0. The van der Waals surface area contributed by atoms with Gasteiger partial charge < -0.3 is 0 Å². The Bertz CT molecular complexity index is 101. The molecule has 0 saturated heterocycles. The standard InChI is InChI=1S/C5H5I/c6-5-3-1-2-4-5/h1-3H,4H2. The minimum atomic E-state index is 1.15. The SMILES string of the molecule is IC1=CC=CC1. The molecule has 0 spiro atoms. The van der Waals surface area contributed by atoms with Crippen LogP contribution >= 0.6 is 22.6 Å². The van der Waals surface area contributed by atoms with Crippen molar-refractivity contribution in [3.63, 3.8) is 0 Å². The molecule has 6 heavy (non-hydrogen) atoms. The van der Waals surface area contributed by atoms with Crippen molar-refractivity contribution in [2.75, 3.05) is 0 Å². The highest BCUT2D eigenvalue weighted by Gasteiger charge is 1.88. The maximum absolute atomic E-state index is 2.33. The van der Waals surface area contributed by atoms with E-state index in [0.717, 1.165) is 6.42 Å². The van der Waals surface area contributed by atoms with E-state index in [9.17, 15) is 0 Å². The molecule has 0 heterocycles. The maximum Gasteiger partial charge on any atom is -0.00360 e. The molecule has 0 amide bonds. The van der Waals surface area contributed by atoms with E-state index in [-0.39, 0.29) is 0 Å². The minimum Gasteiger partial charge on any atom is -0.0796 e. The minimum absolute atomic E-state index is 1.15. The van der Waals surface area contributed by atoms with Crippen molar-refractivity contribution in [1.29, 1.82) is 0 Å². The second kappa shape index (κ2) is 1.78. The van der Waals surface area contributed by atoms with Gasteiger partial charge >= 0.3 is 0 Å². The van der Waals surface area contributed by atoms with Crippen LogP contribution in [0, 0.1) is 0 Å². The van der Waals surface area contributed by atoms with E-state index >= 15 is 0 Å². The third-order valence-electron chi connectivity index (χ3n) is 0.726. The van der Waals surface area contributed by atoms with Gasteiger partial charge in [0.05, 0.1) is 0 Å². The van der Waals surface area contributed by atoms with E-state index in [1.165, 1.54) is 3.58 Å². The molecule has 0 fully saturated rings. The Morgan fingerprint density at radius 1 is 1.67 bits per heavy atom. The first-order chi connectivity index (χ1) is 2.89. The summed E-state index contributed by atoms with van der Waals surface area (Å²) in [5.74, 6) is 0. The Hall–Kier alpha value is 0.210. The average molecular weight is 192 g/mol. The Balaban J connectivity index is 2.61. The first kappa shape index (κ1) is 4.37. The molecule has 0 aromatic carbocycles. The molecule has 0 aliphatic heterocycles. The molecule has 0 nitrogen and oxygen atoms in total. The highest BCUT2D eigenvalue weighted by molar-refractivity contribution is 14.1. The average Bonchev–Trinajstić information content (AvgIpc) is 1.86. The second-order valence-corrected chi connectivity index (χ2v) is 2.63. The lowest BCUT2D eigenvalue weighted by Crippen LogP contribution is -1.51. The molecular weight excluding hydrogens is 187 g/mol. The van der Waals surface area contributed by atoms with E-state index in [4.69, 9.17) is 0 Å². The van der Waals surface area contributed by atoms with Gasteiger partial charge in [0.15, 0.2) is 0 Å². The number of hydrogen-bond acceptors (Lipinski definition) is 0. The monoisotopic (exact) mass is 192 g/mol. The van der Waals surface area contributed by atoms with E-state index in [2.05, 4.69) is 40.8 Å². The number of allylic oxidation sites excluding steroid dienone is 4. The lowest BCUT2D eigenvalue weighted by atomic mass is 10.5. The molecule has 0 atom stereocenters.